The number of aromatic amines is 1. The Morgan fingerprint density at radius 1 is 1.25 bits per heavy atom. The number of furan rings is 1. The predicted molar refractivity (Wildman–Crippen MR) is 90.7 cm³/mol. The molecule has 0 saturated carbocycles. The topological polar surface area (TPSA) is 62.1 Å². The van der Waals surface area contributed by atoms with Crippen molar-refractivity contribution < 1.29 is 9.21 Å². The van der Waals surface area contributed by atoms with Crippen LogP contribution in [-0.2, 0) is 0 Å². The number of likely N-dealkylation sites (tertiary alicyclic amines) is 1. The molecule has 5 heteroatoms. The molecule has 1 saturated heterocycles. The molecule has 1 N–H and O–H groups in total. The van der Waals surface area contributed by atoms with Crippen LogP contribution >= 0.6 is 0 Å². The molecular formula is C19H19N3O2. The first-order valence-electron chi connectivity index (χ1n) is 8.17. The van der Waals surface area contributed by atoms with E-state index >= 15 is 0 Å². The summed E-state index contributed by atoms with van der Waals surface area (Å²) >= 11 is 0. The number of amides is 1. The number of benzene rings is 1. The lowest BCUT2D eigenvalue weighted by molar-refractivity contribution is 0.0785. The van der Waals surface area contributed by atoms with Crippen LogP contribution in [0.4, 0.5) is 0 Å². The van der Waals surface area contributed by atoms with Crippen molar-refractivity contribution in [2.24, 2.45) is 0 Å². The fourth-order valence-corrected chi connectivity index (χ4v) is 3.24. The van der Waals surface area contributed by atoms with E-state index in [1.807, 2.05) is 42.2 Å². The van der Waals surface area contributed by atoms with Gasteiger partial charge in [-0.05, 0) is 31.0 Å². The lowest BCUT2D eigenvalue weighted by Crippen LogP contribution is -2.28. The Balaban J connectivity index is 1.48. The highest BCUT2D eigenvalue weighted by Crippen LogP contribution is 2.28. The number of carbonyl (C=O) groups is 1. The molecule has 4 rings (SSSR count). The Bertz CT molecular complexity index is 850. The molecule has 0 bridgehead atoms. The second-order valence-corrected chi connectivity index (χ2v) is 6.22. The molecule has 24 heavy (non-hydrogen) atoms. The molecule has 1 fully saturated rings. The molecule has 122 valence electrons. The maximum absolute atomic E-state index is 12.7. The van der Waals surface area contributed by atoms with Crippen molar-refractivity contribution in [1.29, 1.82) is 0 Å². The minimum Gasteiger partial charge on any atom is -0.460 e. The Hall–Kier alpha value is -2.82. The third-order valence-electron chi connectivity index (χ3n) is 4.55. The Kier molecular flexibility index (Phi) is 3.69. The standard InChI is InChI=1S/C19H19N3O2/c1-13-7-8-18(24-13)16-11-17(21-20-16)19(23)22-10-9-15(12-22)14-5-3-2-4-6-14/h2-8,11,15H,9-10,12H2,1H3,(H,20,21)/t15-/m1/s1. The number of rotatable bonds is 3. The molecule has 1 aliphatic heterocycles. The van der Waals surface area contributed by atoms with Gasteiger partial charge in [0.15, 0.2) is 11.5 Å². The van der Waals surface area contributed by atoms with Gasteiger partial charge in [0.1, 0.15) is 11.5 Å². The summed E-state index contributed by atoms with van der Waals surface area (Å²) in [5, 5.41) is 7.06. The van der Waals surface area contributed by atoms with Crippen LogP contribution < -0.4 is 0 Å². The van der Waals surface area contributed by atoms with Crippen LogP contribution in [0.15, 0.2) is 52.9 Å². The number of aromatic nitrogens is 2. The predicted octanol–water partition coefficient (Wildman–Crippen LogP) is 3.61. The van der Waals surface area contributed by atoms with Crippen LogP contribution in [0.3, 0.4) is 0 Å². The van der Waals surface area contributed by atoms with Crippen molar-refractivity contribution in [1.82, 2.24) is 15.1 Å². The van der Waals surface area contributed by atoms with E-state index in [4.69, 9.17) is 4.42 Å². The van der Waals surface area contributed by atoms with Crippen molar-refractivity contribution in [3.05, 3.63) is 65.5 Å². The first-order chi connectivity index (χ1) is 11.7. The van der Waals surface area contributed by atoms with Gasteiger partial charge in [0.05, 0.1) is 0 Å². The molecule has 1 amide bonds. The third-order valence-corrected chi connectivity index (χ3v) is 4.55. The Labute approximate surface area is 140 Å². The van der Waals surface area contributed by atoms with Crippen molar-refractivity contribution in [2.45, 2.75) is 19.3 Å². The molecule has 3 heterocycles. The number of hydrogen-bond acceptors (Lipinski definition) is 3. The molecular weight excluding hydrogens is 302 g/mol. The van der Waals surface area contributed by atoms with E-state index in [9.17, 15) is 4.79 Å². The zero-order valence-electron chi connectivity index (χ0n) is 13.5. The molecule has 5 nitrogen and oxygen atoms in total. The van der Waals surface area contributed by atoms with E-state index in [1.54, 1.807) is 6.07 Å². The smallest absolute Gasteiger partial charge is 0.274 e. The van der Waals surface area contributed by atoms with Crippen molar-refractivity contribution >= 4 is 5.91 Å². The number of aryl methyl sites for hydroxylation is 1. The quantitative estimate of drug-likeness (QED) is 0.801. The first-order valence-corrected chi connectivity index (χ1v) is 8.17. The van der Waals surface area contributed by atoms with Crippen LogP contribution in [-0.4, -0.2) is 34.1 Å². The fourth-order valence-electron chi connectivity index (χ4n) is 3.24. The molecule has 0 spiro atoms. The van der Waals surface area contributed by atoms with Gasteiger partial charge in [0.25, 0.3) is 5.91 Å². The highest BCUT2D eigenvalue weighted by molar-refractivity contribution is 5.93. The second kappa shape index (κ2) is 6.00. The van der Waals surface area contributed by atoms with Gasteiger partial charge >= 0.3 is 0 Å². The Morgan fingerprint density at radius 3 is 2.83 bits per heavy atom. The second-order valence-electron chi connectivity index (χ2n) is 6.22. The van der Waals surface area contributed by atoms with E-state index in [2.05, 4.69) is 22.3 Å². The highest BCUT2D eigenvalue weighted by Gasteiger charge is 2.29. The number of nitrogens with zero attached hydrogens (tertiary/aromatic N) is 2. The molecule has 0 unspecified atom stereocenters. The molecule has 2 aromatic heterocycles. The summed E-state index contributed by atoms with van der Waals surface area (Å²) in [4.78, 5) is 14.6. The van der Waals surface area contributed by atoms with Gasteiger partial charge in [-0.25, -0.2) is 0 Å². The van der Waals surface area contributed by atoms with Crippen LogP contribution in [0.25, 0.3) is 11.5 Å². The van der Waals surface area contributed by atoms with Gasteiger partial charge in [-0.1, -0.05) is 30.3 Å². The summed E-state index contributed by atoms with van der Waals surface area (Å²) in [5.74, 6) is 1.90. The number of carbonyl (C=O) groups excluding carboxylic acids is 1. The molecule has 0 aliphatic carbocycles. The lowest BCUT2D eigenvalue weighted by atomic mass is 9.99. The van der Waals surface area contributed by atoms with E-state index < -0.39 is 0 Å². The van der Waals surface area contributed by atoms with Crippen molar-refractivity contribution in [2.75, 3.05) is 13.1 Å². The first kappa shape index (κ1) is 14.8. The van der Waals surface area contributed by atoms with Gasteiger partial charge in [0, 0.05) is 25.1 Å². The van der Waals surface area contributed by atoms with Gasteiger partial charge in [-0.3, -0.25) is 9.89 Å². The van der Waals surface area contributed by atoms with E-state index in [0.717, 1.165) is 31.0 Å². The molecule has 1 aliphatic rings. The number of hydrogen-bond donors (Lipinski definition) is 1. The number of nitrogens with one attached hydrogen (secondary N) is 1. The molecule has 3 aromatic rings. The summed E-state index contributed by atoms with van der Waals surface area (Å²) in [7, 11) is 0. The monoisotopic (exact) mass is 321 g/mol. The third kappa shape index (κ3) is 2.73. The summed E-state index contributed by atoms with van der Waals surface area (Å²) in [6.07, 6.45) is 0.990. The normalized spacial score (nSPS) is 17.4. The molecule has 1 atom stereocenters. The van der Waals surface area contributed by atoms with E-state index in [0.29, 0.717) is 17.4 Å². The summed E-state index contributed by atoms with van der Waals surface area (Å²) < 4.78 is 5.57. The average Bonchev–Trinajstić information content (AvgIpc) is 3.35. The van der Waals surface area contributed by atoms with Gasteiger partial charge < -0.3 is 9.32 Å². The van der Waals surface area contributed by atoms with Gasteiger partial charge in [-0.2, -0.15) is 5.10 Å². The summed E-state index contributed by atoms with van der Waals surface area (Å²) in [6.45, 7) is 3.39. The largest absolute Gasteiger partial charge is 0.460 e. The van der Waals surface area contributed by atoms with E-state index in [1.165, 1.54) is 5.56 Å². The average molecular weight is 321 g/mol. The van der Waals surface area contributed by atoms with Gasteiger partial charge in [0.2, 0.25) is 0 Å². The maximum Gasteiger partial charge on any atom is 0.274 e. The van der Waals surface area contributed by atoms with Crippen molar-refractivity contribution in [3.8, 4) is 11.5 Å². The Morgan fingerprint density at radius 2 is 2.08 bits per heavy atom. The maximum atomic E-state index is 12.7. The SMILES string of the molecule is Cc1ccc(-c2cc(C(=O)N3CC[C@@H](c4ccccc4)C3)n[nH]2)o1. The lowest BCUT2D eigenvalue weighted by Gasteiger charge is -2.15. The minimum absolute atomic E-state index is 0.0285. The van der Waals surface area contributed by atoms with Crippen molar-refractivity contribution in [3.63, 3.8) is 0 Å². The molecule has 0 radical (unpaired) electrons. The fraction of sp³-hybridized carbons (Fsp3) is 0.263. The van der Waals surface area contributed by atoms with Crippen LogP contribution in [0.1, 0.15) is 34.2 Å². The zero-order chi connectivity index (χ0) is 16.5. The van der Waals surface area contributed by atoms with Crippen LogP contribution in [0, 0.1) is 6.92 Å². The number of H-pyrrole nitrogens is 1. The van der Waals surface area contributed by atoms with Gasteiger partial charge in [-0.15, -0.1) is 0 Å². The minimum atomic E-state index is -0.0285. The van der Waals surface area contributed by atoms with E-state index in [-0.39, 0.29) is 5.91 Å². The summed E-state index contributed by atoms with van der Waals surface area (Å²) in [6, 6.07) is 15.9. The van der Waals surface area contributed by atoms with Crippen LogP contribution in [0.2, 0.25) is 0 Å². The summed E-state index contributed by atoms with van der Waals surface area (Å²) in [5.41, 5.74) is 2.46. The highest BCUT2D eigenvalue weighted by atomic mass is 16.3. The molecule has 1 aromatic carbocycles. The van der Waals surface area contributed by atoms with Crippen LogP contribution in [0.5, 0.6) is 0 Å². The zero-order valence-corrected chi connectivity index (χ0v) is 13.5.